The molecule has 2 heterocycles. The Bertz CT molecular complexity index is 721. The molecule has 3 rings (SSSR count). The number of thiazole rings is 1. The molecular formula is C20H27N3O2S. The van der Waals surface area contributed by atoms with Crippen molar-refractivity contribution in [2.24, 2.45) is 5.92 Å². The monoisotopic (exact) mass is 373 g/mol. The first-order valence-corrected chi connectivity index (χ1v) is 10.1. The van der Waals surface area contributed by atoms with Crippen molar-refractivity contribution in [2.45, 2.75) is 26.8 Å². The number of ether oxygens (including phenoxy) is 1. The van der Waals surface area contributed by atoms with E-state index in [1.54, 1.807) is 18.4 Å². The van der Waals surface area contributed by atoms with Gasteiger partial charge in [-0.05, 0) is 30.7 Å². The van der Waals surface area contributed by atoms with Gasteiger partial charge in [0, 0.05) is 49.6 Å². The third kappa shape index (κ3) is 4.43. The first-order valence-electron chi connectivity index (χ1n) is 9.20. The standard InChI is InChI=1S/C20H27N3O2S/c1-4-15(2)20(24)23-11-9-22(10-12-23)13-17-14-26-19(21-17)16-5-7-18(25-3)8-6-16/h5-8,14-15H,4,9-13H2,1-3H3/t15-/m0/s1. The Kier molecular flexibility index (Phi) is 6.27. The molecule has 1 aliphatic heterocycles. The van der Waals surface area contributed by atoms with Crippen molar-refractivity contribution in [1.29, 1.82) is 0 Å². The molecule has 140 valence electrons. The summed E-state index contributed by atoms with van der Waals surface area (Å²) in [4.78, 5) is 21.5. The average Bonchev–Trinajstić information content (AvgIpc) is 3.16. The number of methoxy groups -OCH3 is 1. The quantitative estimate of drug-likeness (QED) is 0.777. The number of hydrogen-bond donors (Lipinski definition) is 0. The van der Waals surface area contributed by atoms with Gasteiger partial charge in [-0.3, -0.25) is 9.69 Å². The van der Waals surface area contributed by atoms with Gasteiger partial charge in [-0.2, -0.15) is 0 Å². The predicted octanol–water partition coefficient (Wildman–Crippen LogP) is 3.51. The van der Waals surface area contributed by atoms with Crippen LogP contribution in [-0.4, -0.2) is 54.0 Å². The van der Waals surface area contributed by atoms with Crippen molar-refractivity contribution in [3.05, 3.63) is 35.3 Å². The second-order valence-corrected chi connectivity index (χ2v) is 7.64. The van der Waals surface area contributed by atoms with Crippen LogP contribution in [0.15, 0.2) is 29.6 Å². The van der Waals surface area contributed by atoms with Gasteiger partial charge in [0.05, 0.1) is 12.8 Å². The lowest BCUT2D eigenvalue weighted by Gasteiger charge is -2.35. The summed E-state index contributed by atoms with van der Waals surface area (Å²) < 4.78 is 5.21. The van der Waals surface area contributed by atoms with Crippen LogP contribution in [0, 0.1) is 5.92 Å². The van der Waals surface area contributed by atoms with Crippen LogP contribution in [-0.2, 0) is 11.3 Å². The summed E-state index contributed by atoms with van der Waals surface area (Å²) >= 11 is 1.67. The Morgan fingerprint density at radius 1 is 1.23 bits per heavy atom. The van der Waals surface area contributed by atoms with E-state index in [-0.39, 0.29) is 5.92 Å². The second-order valence-electron chi connectivity index (χ2n) is 6.78. The van der Waals surface area contributed by atoms with Crippen molar-refractivity contribution < 1.29 is 9.53 Å². The molecular weight excluding hydrogens is 346 g/mol. The van der Waals surface area contributed by atoms with Crippen LogP contribution < -0.4 is 4.74 Å². The van der Waals surface area contributed by atoms with Gasteiger partial charge < -0.3 is 9.64 Å². The number of carbonyl (C=O) groups excluding carboxylic acids is 1. The van der Waals surface area contributed by atoms with Gasteiger partial charge in [-0.25, -0.2) is 4.98 Å². The zero-order valence-corrected chi connectivity index (χ0v) is 16.6. The van der Waals surface area contributed by atoms with Gasteiger partial charge in [-0.15, -0.1) is 11.3 Å². The van der Waals surface area contributed by atoms with Gasteiger partial charge in [0.25, 0.3) is 0 Å². The Morgan fingerprint density at radius 2 is 1.92 bits per heavy atom. The summed E-state index contributed by atoms with van der Waals surface area (Å²) in [5.74, 6) is 1.28. The first kappa shape index (κ1) is 18.9. The molecule has 1 aromatic carbocycles. The van der Waals surface area contributed by atoms with Crippen LogP contribution >= 0.6 is 11.3 Å². The number of amides is 1. The van der Waals surface area contributed by atoms with E-state index in [0.29, 0.717) is 5.91 Å². The maximum absolute atomic E-state index is 12.3. The molecule has 1 fully saturated rings. The molecule has 0 radical (unpaired) electrons. The fourth-order valence-electron chi connectivity index (χ4n) is 3.09. The third-order valence-corrected chi connectivity index (χ3v) is 5.93. The molecule has 0 saturated carbocycles. The highest BCUT2D eigenvalue weighted by molar-refractivity contribution is 7.13. The SMILES string of the molecule is CC[C@H](C)C(=O)N1CCN(Cc2csc(-c3ccc(OC)cc3)n2)CC1. The van der Waals surface area contributed by atoms with E-state index in [4.69, 9.17) is 9.72 Å². The highest BCUT2D eigenvalue weighted by Crippen LogP contribution is 2.26. The van der Waals surface area contributed by atoms with Crippen molar-refractivity contribution in [3.63, 3.8) is 0 Å². The third-order valence-electron chi connectivity index (χ3n) is 4.99. The van der Waals surface area contributed by atoms with Gasteiger partial charge >= 0.3 is 0 Å². The molecule has 2 aromatic rings. The normalized spacial score (nSPS) is 16.5. The maximum atomic E-state index is 12.3. The molecule has 1 aromatic heterocycles. The van der Waals surface area contributed by atoms with Gasteiger partial charge in [0.1, 0.15) is 10.8 Å². The molecule has 0 spiro atoms. The number of piperazine rings is 1. The van der Waals surface area contributed by atoms with E-state index < -0.39 is 0 Å². The Balaban J connectivity index is 1.54. The molecule has 0 bridgehead atoms. The molecule has 5 nitrogen and oxygen atoms in total. The number of aromatic nitrogens is 1. The van der Waals surface area contributed by atoms with Gasteiger partial charge in [-0.1, -0.05) is 13.8 Å². The Hall–Kier alpha value is -1.92. The highest BCUT2D eigenvalue weighted by atomic mass is 32.1. The molecule has 6 heteroatoms. The fraction of sp³-hybridized carbons (Fsp3) is 0.500. The lowest BCUT2D eigenvalue weighted by Crippen LogP contribution is -2.49. The van der Waals surface area contributed by atoms with E-state index in [1.807, 2.05) is 36.1 Å². The molecule has 0 N–H and O–H groups in total. The summed E-state index contributed by atoms with van der Waals surface area (Å²) in [6, 6.07) is 8.01. The first-order chi connectivity index (χ1) is 12.6. The zero-order chi connectivity index (χ0) is 18.5. The largest absolute Gasteiger partial charge is 0.497 e. The molecule has 26 heavy (non-hydrogen) atoms. The number of benzene rings is 1. The number of rotatable bonds is 6. The molecule has 1 aliphatic rings. The van der Waals surface area contributed by atoms with Crippen LogP contribution in [0.25, 0.3) is 10.6 Å². The molecule has 0 unspecified atom stereocenters. The summed E-state index contributed by atoms with van der Waals surface area (Å²) in [7, 11) is 1.67. The van der Waals surface area contributed by atoms with Crippen molar-refractivity contribution in [2.75, 3.05) is 33.3 Å². The lowest BCUT2D eigenvalue weighted by molar-refractivity contribution is -0.136. The summed E-state index contributed by atoms with van der Waals surface area (Å²) in [5, 5.41) is 3.17. The molecule has 1 atom stereocenters. The zero-order valence-electron chi connectivity index (χ0n) is 15.8. The summed E-state index contributed by atoms with van der Waals surface area (Å²) in [5.41, 5.74) is 2.22. The van der Waals surface area contributed by atoms with Crippen molar-refractivity contribution in [3.8, 4) is 16.3 Å². The minimum absolute atomic E-state index is 0.132. The van der Waals surface area contributed by atoms with Crippen molar-refractivity contribution >= 4 is 17.2 Å². The van der Waals surface area contributed by atoms with E-state index in [2.05, 4.69) is 17.2 Å². The smallest absolute Gasteiger partial charge is 0.225 e. The van der Waals surface area contributed by atoms with E-state index >= 15 is 0 Å². The van der Waals surface area contributed by atoms with Crippen LogP contribution in [0.1, 0.15) is 26.0 Å². The Labute approximate surface area is 159 Å². The van der Waals surface area contributed by atoms with Crippen LogP contribution in [0.5, 0.6) is 5.75 Å². The fourth-order valence-corrected chi connectivity index (χ4v) is 3.90. The lowest BCUT2D eigenvalue weighted by atomic mass is 10.1. The highest BCUT2D eigenvalue weighted by Gasteiger charge is 2.24. The minimum atomic E-state index is 0.132. The van der Waals surface area contributed by atoms with E-state index in [1.165, 1.54) is 0 Å². The minimum Gasteiger partial charge on any atom is -0.497 e. The number of hydrogen-bond acceptors (Lipinski definition) is 5. The van der Waals surface area contributed by atoms with Gasteiger partial charge in [0.15, 0.2) is 0 Å². The van der Waals surface area contributed by atoms with Crippen LogP contribution in [0.3, 0.4) is 0 Å². The average molecular weight is 374 g/mol. The van der Waals surface area contributed by atoms with E-state index in [0.717, 1.165) is 61.2 Å². The molecule has 0 aliphatic carbocycles. The van der Waals surface area contributed by atoms with Gasteiger partial charge in [0.2, 0.25) is 5.91 Å². The number of nitrogens with zero attached hydrogens (tertiary/aromatic N) is 3. The van der Waals surface area contributed by atoms with Crippen molar-refractivity contribution in [1.82, 2.24) is 14.8 Å². The molecule has 1 amide bonds. The summed E-state index contributed by atoms with van der Waals surface area (Å²) in [6.45, 7) is 8.40. The summed E-state index contributed by atoms with van der Waals surface area (Å²) in [6.07, 6.45) is 0.909. The number of carbonyl (C=O) groups is 1. The topological polar surface area (TPSA) is 45.7 Å². The van der Waals surface area contributed by atoms with Crippen LogP contribution in [0.4, 0.5) is 0 Å². The Morgan fingerprint density at radius 3 is 2.54 bits per heavy atom. The second kappa shape index (κ2) is 8.64. The van der Waals surface area contributed by atoms with E-state index in [9.17, 15) is 4.79 Å². The predicted molar refractivity (Wildman–Crippen MR) is 105 cm³/mol. The molecule has 1 saturated heterocycles. The maximum Gasteiger partial charge on any atom is 0.225 e. The van der Waals surface area contributed by atoms with Crippen LogP contribution in [0.2, 0.25) is 0 Å².